The minimum atomic E-state index is -0.328. The number of ether oxygens (including phenoxy) is 4. The number of hydrogen-bond donors (Lipinski definition) is 0. The quantitative estimate of drug-likeness (QED) is 0.284. The molecule has 0 aliphatic carbocycles. The molecule has 2 rings (SSSR count). The molecule has 0 fully saturated rings. The molecule has 5 nitrogen and oxygen atoms in total. The molecule has 34 heavy (non-hydrogen) atoms. The Morgan fingerprint density at radius 2 is 1.62 bits per heavy atom. The zero-order valence-corrected chi connectivity index (χ0v) is 21.9. The summed E-state index contributed by atoms with van der Waals surface area (Å²) in [5.74, 6) is 1.76. The molecule has 0 saturated heterocycles. The maximum atomic E-state index is 10.2. The van der Waals surface area contributed by atoms with Crippen molar-refractivity contribution in [3.8, 4) is 17.2 Å². The number of carbonyl (C=O) groups excluding carboxylic acids is 1. The summed E-state index contributed by atoms with van der Waals surface area (Å²) < 4.78 is 22.0. The first-order valence-corrected chi connectivity index (χ1v) is 11.6. The van der Waals surface area contributed by atoms with Crippen molar-refractivity contribution in [2.24, 2.45) is 0 Å². The second kappa shape index (κ2) is 14.8. The number of carbonyl (C=O) groups is 1. The van der Waals surface area contributed by atoms with E-state index in [-0.39, 0.29) is 11.6 Å². The Bertz CT molecular complexity index is 937. The van der Waals surface area contributed by atoms with Crippen LogP contribution >= 0.6 is 0 Å². The summed E-state index contributed by atoms with van der Waals surface area (Å²) in [5.41, 5.74) is 2.88. The first kappa shape index (κ1) is 28.8. The molecule has 0 radical (unpaired) electrons. The topological polar surface area (TPSA) is 54.0 Å². The van der Waals surface area contributed by atoms with Crippen LogP contribution in [0.5, 0.6) is 17.2 Å². The SMILES string of the molecule is CC(=O)OC(C)(C)C.CCC/C=C\C=C(/C)c1ccc(OC)c(OCc2ccccc2)c1OC. The molecular weight excluding hydrogens is 428 g/mol. The van der Waals surface area contributed by atoms with Crippen LogP contribution in [-0.2, 0) is 16.1 Å². The number of hydrogen-bond acceptors (Lipinski definition) is 5. The van der Waals surface area contributed by atoms with E-state index < -0.39 is 0 Å². The lowest BCUT2D eigenvalue weighted by Gasteiger charge is -2.18. The highest BCUT2D eigenvalue weighted by molar-refractivity contribution is 5.75. The molecule has 186 valence electrons. The fraction of sp³-hybridized carbons (Fsp3) is 0.414. The van der Waals surface area contributed by atoms with Crippen LogP contribution in [0, 0.1) is 0 Å². The maximum Gasteiger partial charge on any atom is 0.303 e. The van der Waals surface area contributed by atoms with Gasteiger partial charge in [0.25, 0.3) is 0 Å². The minimum absolute atomic E-state index is 0.225. The number of unbranched alkanes of at least 4 members (excludes halogenated alkanes) is 1. The normalized spacial score (nSPS) is 11.5. The highest BCUT2D eigenvalue weighted by Gasteiger charge is 2.17. The Hall–Kier alpha value is -3.21. The van der Waals surface area contributed by atoms with Crippen LogP contribution in [0.2, 0.25) is 0 Å². The third-order valence-electron chi connectivity index (χ3n) is 4.54. The number of esters is 1. The fourth-order valence-corrected chi connectivity index (χ4v) is 3.08. The van der Waals surface area contributed by atoms with Crippen molar-refractivity contribution < 1.29 is 23.7 Å². The zero-order chi connectivity index (χ0) is 25.6. The lowest BCUT2D eigenvalue weighted by Crippen LogP contribution is -2.21. The second-order valence-corrected chi connectivity index (χ2v) is 8.72. The van der Waals surface area contributed by atoms with Crippen LogP contribution in [0.15, 0.2) is 60.7 Å². The van der Waals surface area contributed by atoms with Gasteiger partial charge in [-0.25, -0.2) is 0 Å². The minimum Gasteiger partial charge on any atom is -0.493 e. The van der Waals surface area contributed by atoms with E-state index >= 15 is 0 Å². The van der Waals surface area contributed by atoms with Gasteiger partial charge < -0.3 is 18.9 Å². The lowest BCUT2D eigenvalue weighted by atomic mass is 10.0. The molecule has 0 atom stereocenters. The molecule has 0 aromatic heterocycles. The van der Waals surface area contributed by atoms with E-state index in [0.29, 0.717) is 23.9 Å². The molecule has 0 heterocycles. The van der Waals surface area contributed by atoms with Gasteiger partial charge in [-0.15, -0.1) is 0 Å². The molecule has 0 aliphatic rings. The Morgan fingerprint density at radius 1 is 0.941 bits per heavy atom. The van der Waals surface area contributed by atoms with Gasteiger partial charge in [-0.1, -0.05) is 61.9 Å². The molecule has 0 aliphatic heterocycles. The van der Waals surface area contributed by atoms with Crippen molar-refractivity contribution in [2.75, 3.05) is 14.2 Å². The van der Waals surface area contributed by atoms with Crippen LogP contribution < -0.4 is 14.2 Å². The van der Waals surface area contributed by atoms with Gasteiger partial charge in [0.1, 0.15) is 12.2 Å². The molecule has 2 aromatic carbocycles. The van der Waals surface area contributed by atoms with Crippen molar-refractivity contribution in [3.05, 3.63) is 71.8 Å². The zero-order valence-electron chi connectivity index (χ0n) is 21.9. The molecule has 0 spiro atoms. The third kappa shape index (κ3) is 10.6. The average molecular weight is 469 g/mol. The van der Waals surface area contributed by atoms with E-state index in [1.54, 1.807) is 14.2 Å². The lowest BCUT2D eigenvalue weighted by molar-refractivity contribution is -0.151. The van der Waals surface area contributed by atoms with Gasteiger partial charge in [-0.05, 0) is 57.4 Å². The predicted octanol–water partition coefficient (Wildman–Crippen LogP) is 7.39. The largest absolute Gasteiger partial charge is 0.493 e. The van der Waals surface area contributed by atoms with Crippen molar-refractivity contribution in [3.63, 3.8) is 0 Å². The summed E-state index contributed by atoms with van der Waals surface area (Å²) in [6.45, 7) is 11.6. The van der Waals surface area contributed by atoms with Gasteiger partial charge in [0.05, 0.1) is 14.2 Å². The molecule has 0 N–H and O–H groups in total. The van der Waals surface area contributed by atoms with Crippen molar-refractivity contribution in [1.29, 1.82) is 0 Å². The standard InChI is InChI=1S/C23H28O3.C6H12O2/c1-5-6-7-9-12-18(2)20-15-16-21(24-3)23(22(20)25-4)26-17-19-13-10-8-11-14-19;1-5(7)8-6(2,3)4/h7-16H,5-6,17H2,1-4H3;1-4H3/b9-7-,18-12+;. The van der Waals surface area contributed by atoms with Crippen molar-refractivity contribution in [1.82, 2.24) is 0 Å². The Kier molecular flexibility index (Phi) is 12.6. The molecule has 5 heteroatoms. The van der Waals surface area contributed by atoms with E-state index in [1.165, 1.54) is 6.92 Å². The van der Waals surface area contributed by atoms with Gasteiger partial charge in [0, 0.05) is 12.5 Å². The summed E-state index contributed by atoms with van der Waals surface area (Å²) >= 11 is 0. The van der Waals surface area contributed by atoms with E-state index in [1.807, 2.05) is 63.2 Å². The summed E-state index contributed by atoms with van der Waals surface area (Å²) in [6.07, 6.45) is 8.59. The summed E-state index contributed by atoms with van der Waals surface area (Å²) in [6, 6.07) is 14.0. The van der Waals surface area contributed by atoms with Crippen LogP contribution in [0.25, 0.3) is 5.57 Å². The Balaban J connectivity index is 0.000000620. The Labute approximate surface area is 205 Å². The Morgan fingerprint density at radius 3 is 2.12 bits per heavy atom. The van der Waals surface area contributed by atoms with Crippen molar-refractivity contribution >= 4 is 11.5 Å². The second-order valence-electron chi connectivity index (χ2n) is 8.72. The van der Waals surface area contributed by atoms with Crippen molar-refractivity contribution in [2.45, 2.75) is 66.6 Å². The molecule has 0 bridgehead atoms. The van der Waals surface area contributed by atoms with Crippen LogP contribution in [0.1, 0.15) is 65.5 Å². The van der Waals surface area contributed by atoms with Gasteiger partial charge >= 0.3 is 5.97 Å². The summed E-state index contributed by atoms with van der Waals surface area (Å²) in [5, 5.41) is 0. The average Bonchev–Trinajstić information content (AvgIpc) is 2.79. The molecule has 2 aromatic rings. The molecule has 0 amide bonds. The number of methoxy groups -OCH3 is 2. The van der Waals surface area contributed by atoms with Crippen LogP contribution in [-0.4, -0.2) is 25.8 Å². The molecule has 0 unspecified atom stereocenters. The maximum absolute atomic E-state index is 10.2. The van der Waals surface area contributed by atoms with Gasteiger partial charge in [-0.2, -0.15) is 0 Å². The van der Waals surface area contributed by atoms with Gasteiger partial charge in [-0.3, -0.25) is 4.79 Å². The fourth-order valence-electron chi connectivity index (χ4n) is 3.08. The first-order valence-electron chi connectivity index (χ1n) is 11.6. The number of rotatable bonds is 9. The molecule has 0 saturated carbocycles. The van der Waals surface area contributed by atoms with Gasteiger partial charge in [0.2, 0.25) is 5.75 Å². The number of allylic oxidation sites excluding steroid dienone is 4. The van der Waals surface area contributed by atoms with Crippen LogP contribution in [0.3, 0.4) is 0 Å². The first-order chi connectivity index (χ1) is 16.1. The van der Waals surface area contributed by atoms with E-state index in [2.05, 4.69) is 32.1 Å². The highest BCUT2D eigenvalue weighted by atomic mass is 16.6. The molecular formula is C29H40O5. The van der Waals surface area contributed by atoms with E-state index in [4.69, 9.17) is 18.9 Å². The van der Waals surface area contributed by atoms with Gasteiger partial charge in [0.15, 0.2) is 11.5 Å². The summed E-state index contributed by atoms with van der Waals surface area (Å²) in [4.78, 5) is 10.2. The van der Waals surface area contributed by atoms with E-state index in [9.17, 15) is 4.79 Å². The predicted molar refractivity (Wildman–Crippen MR) is 140 cm³/mol. The smallest absolute Gasteiger partial charge is 0.303 e. The number of benzene rings is 2. The third-order valence-corrected chi connectivity index (χ3v) is 4.54. The monoisotopic (exact) mass is 468 g/mol. The highest BCUT2D eigenvalue weighted by Crippen LogP contribution is 2.43. The van der Waals surface area contributed by atoms with E-state index in [0.717, 1.165) is 29.5 Å². The van der Waals surface area contributed by atoms with Crippen LogP contribution in [0.4, 0.5) is 0 Å². The summed E-state index contributed by atoms with van der Waals surface area (Å²) in [7, 11) is 3.30.